The van der Waals surface area contributed by atoms with Crippen molar-refractivity contribution in [2.75, 3.05) is 0 Å². The number of aryl methyl sites for hydroxylation is 1. The summed E-state index contributed by atoms with van der Waals surface area (Å²) >= 11 is 1.93. The molecule has 16 heavy (non-hydrogen) atoms. The minimum Gasteiger partial charge on any atom is -0.271 e. The first kappa shape index (κ1) is 12.1. The lowest BCUT2D eigenvalue weighted by Gasteiger charge is -2.29. The molecule has 1 fully saturated rings. The smallest absolute Gasteiger partial charge is 0.0261 e. The monoisotopic (exact) mass is 238 g/mol. The average Bonchev–Trinajstić information content (AvgIpc) is 2.69. The van der Waals surface area contributed by atoms with Crippen molar-refractivity contribution in [2.24, 2.45) is 11.8 Å². The highest BCUT2D eigenvalue weighted by atomic mass is 32.1. The zero-order chi connectivity index (χ0) is 11.4. The molecular formula is C13H22N2S. The fourth-order valence-corrected chi connectivity index (χ4v) is 3.34. The molecule has 2 rings (SSSR count). The number of thiophene rings is 1. The quantitative estimate of drug-likeness (QED) is 0.591. The number of hydrazine groups is 1. The van der Waals surface area contributed by atoms with Crippen LogP contribution in [0.25, 0.3) is 0 Å². The molecule has 0 aromatic carbocycles. The van der Waals surface area contributed by atoms with E-state index >= 15 is 0 Å². The molecule has 1 heterocycles. The SMILES string of the molecule is CCc1ccc(CC(CC2CCC2)NN)s1. The lowest BCUT2D eigenvalue weighted by molar-refractivity contribution is 0.260. The fraction of sp³-hybridized carbons (Fsp3) is 0.692. The minimum absolute atomic E-state index is 0.466. The zero-order valence-corrected chi connectivity index (χ0v) is 10.9. The lowest BCUT2D eigenvalue weighted by atomic mass is 9.80. The molecule has 1 aliphatic rings. The van der Waals surface area contributed by atoms with Crippen molar-refractivity contribution in [3.8, 4) is 0 Å². The molecule has 1 aromatic rings. The van der Waals surface area contributed by atoms with E-state index in [2.05, 4.69) is 24.5 Å². The molecule has 2 nitrogen and oxygen atoms in total. The van der Waals surface area contributed by atoms with Gasteiger partial charge in [-0.1, -0.05) is 26.2 Å². The van der Waals surface area contributed by atoms with Gasteiger partial charge in [0.05, 0.1) is 0 Å². The molecule has 1 atom stereocenters. The van der Waals surface area contributed by atoms with Gasteiger partial charge in [-0.25, -0.2) is 0 Å². The number of hydrogen-bond donors (Lipinski definition) is 2. The second-order valence-electron chi connectivity index (χ2n) is 4.82. The summed E-state index contributed by atoms with van der Waals surface area (Å²) in [6, 6.07) is 4.97. The highest BCUT2D eigenvalue weighted by Crippen LogP contribution is 2.31. The van der Waals surface area contributed by atoms with Crippen LogP contribution in [0, 0.1) is 5.92 Å². The highest BCUT2D eigenvalue weighted by molar-refractivity contribution is 7.11. The molecule has 0 bridgehead atoms. The second-order valence-corrected chi connectivity index (χ2v) is 6.07. The largest absolute Gasteiger partial charge is 0.271 e. The van der Waals surface area contributed by atoms with Gasteiger partial charge < -0.3 is 0 Å². The van der Waals surface area contributed by atoms with E-state index in [0.717, 1.165) is 18.8 Å². The first-order valence-corrected chi connectivity index (χ1v) is 7.17. The number of hydrogen-bond acceptors (Lipinski definition) is 3. The lowest BCUT2D eigenvalue weighted by Crippen LogP contribution is -2.39. The van der Waals surface area contributed by atoms with Gasteiger partial charge in [0.15, 0.2) is 0 Å². The van der Waals surface area contributed by atoms with Crippen LogP contribution >= 0.6 is 11.3 Å². The van der Waals surface area contributed by atoms with Gasteiger partial charge in [0.2, 0.25) is 0 Å². The summed E-state index contributed by atoms with van der Waals surface area (Å²) < 4.78 is 0. The third kappa shape index (κ3) is 3.06. The summed E-state index contributed by atoms with van der Waals surface area (Å²) in [6.07, 6.45) is 7.72. The maximum atomic E-state index is 5.64. The van der Waals surface area contributed by atoms with Crippen LogP contribution in [-0.2, 0) is 12.8 Å². The van der Waals surface area contributed by atoms with Gasteiger partial charge in [0, 0.05) is 15.8 Å². The third-order valence-corrected chi connectivity index (χ3v) is 4.84. The van der Waals surface area contributed by atoms with Crippen molar-refractivity contribution >= 4 is 11.3 Å². The van der Waals surface area contributed by atoms with Gasteiger partial charge in [0.25, 0.3) is 0 Å². The number of nitrogens with one attached hydrogen (secondary N) is 1. The Balaban J connectivity index is 1.84. The van der Waals surface area contributed by atoms with E-state index in [9.17, 15) is 0 Å². The van der Waals surface area contributed by atoms with E-state index in [4.69, 9.17) is 5.84 Å². The Kier molecular flexibility index (Phi) is 4.38. The van der Waals surface area contributed by atoms with Crippen LogP contribution < -0.4 is 11.3 Å². The maximum Gasteiger partial charge on any atom is 0.0261 e. The molecule has 3 heteroatoms. The Bertz CT molecular complexity index is 317. The molecule has 0 aliphatic heterocycles. The van der Waals surface area contributed by atoms with Crippen LogP contribution in [0.2, 0.25) is 0 Å². The van der Waals surface area contributed by atoms with Crippen LogP contribution in [0.5, 0.6) is 0 Å². The Morgan fingerprint density at radius 1 is 1.44 bits per heavy atom. The van der Waals surface area contributed by atoms with Gasteiger partial charge in [-0.15, -0.1) is 11.3 Å². The van der Waals surface area contributed by atoms with Crippen LogP contribution in [0.1, 0.15) is 42.4 Å². The average molecular weight is 238 g/mol. The Morgan fingerprint density at radius 3 is 2.69 bits per heavy atom. The first-order chi connectivity index (χ1) is 7.81. The molecule has 0 amide bonds. The molecule has 1 unspecified atom stereocenters. The fourth-order valence-electron chi connectivity index (χ4n) is 2.31. The second kappa shape index (κ2) is 5.80. The normalized spacial score (nSPS) is 18.4. The van der Waals surface area contributed by atoms with E-state index in [0.29, 0.717) is 6.04 Å². The van der Waals surface area contributed by atoms with E-state index in [-0.39, 0.29) is 0 Å². The Hall–Kier alpha value is -0.380. The molecule has 0 spiro atoms. The van der Waals surface area contributed by atoms with E-state index < -0.39 is 0 Å². The van der Waals surface area contributed by atoms with Gasteiger partial charge in [0.1, 0.15) is 0 Å². The molecule has 0 saturated heterocycles. The Labute approximate surface area is 102 Å². The maximum absolute atomic E-state index is 5.64. The molecule has 1 aromatic heterocycles. The summed E-state index contributed by atoms with van der Waals surface area (Å²) in [7, 11) is 0. The van der Waals surface area contributed by atoms with Gasteiger partial charge in [-0.05, 0) is 37.3 Å². The van der Waals surface area contributed by atoms with Crippen molar-refractivity contribution in [3.63, 3.8) is 0 Å². The van der Waals surface area contributed by atoms with Crippen LogP contribution in [0.15, 0.2) is 12.1 Å². The Morgan fingerprint density at radius 2 is 2.19 bits per heavy atom. The molecule has 1 saturated carbocycles. The van der Waals surface area contributed by atoms with Crippen molar-refractivity contribution in [1.82, 2.24) is 5.43 Å². The highest BCUT2D eigenvalue weighted by Gasteiger charge is 2.21. The van der Waals surface area contributed by atoms with Gasteiger partial charge in [-0.2, -0.15) is 0 Å². The van der Waals surface area contributed by atoms with Crippen molar-refractivity contribution in [1.29, 1.82) is 0 Å². The zero-order valence-electron chi connectivity index (χ0n) is 10.0. The summed E-state index contributed by atoms with van der Waals surface area (Å²) in [5, 5.41) is 0. The number of rotatable bonds is 6. The minimum atomic E-state index is 0.466. The summed E-state index contributed by atoms with van der Waals surface area (Å²) in [5.74, 6) is 6.56. The van der Waals surface area contributed by atoms with Crippen molar-refractivity contribution in [2.45, 2.75) is 51.5 Å². The molecule has 3 N–H and O–H groups in total. The van der Waals surface area contributed by atoms with E-state index in [1.807, 2.05) is 11.3 Å². The topological polar surface area (TPSA) is 38.0 Å². The molecule has 0 radical (unpaired) electrons. The van der Waals surface area contributed by atoms with Gasteiger partial charge >= 0.3 is 0 Å². The van der Waals surface area contributed by atoms with Crippen molar-refractivity contribution in [3.05, 3.63) is 21.9 Å². The van der Waals surface area contributed by atoms with Crippen LogP contribution in [-0.4, -0.2) is 6.04 Å². The van der Waals surface area contributed by atoms with Crippen molar-refractivity contribution < 1.29 is 0 Å². The molecule has 1 aliphatic carbocycles. The number of nitrogens with two attached hydrogens (primary N) is 1. The summed E-state index contributed by atoms with van der Waals surface area (Å²) in [4.78, 5) is 2.95. The van der Waals surface area contributed by atoms with E-state index in [1.54, 1.807) is 0 Å². The summed E-state index contributed by atoms with van der Waals surface area (Å²) in [6.45, 7) is 2.21. The standard InChI is InChI=1S/C13H22N2S/c1-2-12-6-7-13(16-12)9-11(15-14)8-10-4-3-5-10/h6-7,10-11,15H,2-5,8-9,14H2,1H3. The predicted molar refractivity (Wildman–Crippen MR) is 70.5 cm³/mol. The van der Waals surface area contributed by atoms with Gasteiger partial charge in [-0.3, -0.25) is 11.3 Å². The summed E-state index contributed by atoms with van der Waals surface area (Å²) in [5.41, 5.74) is 2.98. The van der Waals surface area contributed by atoms with Crippen LogP contribution in [0.3, 0.4) is 0 Å². The predicted octanol–water partition coefficient (Wildman–Crippen LogP) is 2.88. The van der Waals surface area contributed by atoms with Crippen LogP contribution in [0.4, 0.5) is 0 Å². The third-order valence-electron chi connectivity index (χ3n) is 3.59. The molecule has 90 valence electrons. The molecular weight excluding hydrogens is 216 g/mol. The van der Waals surface area contributed by atoms with E-state index in [1.165, 1.54) is 35.4 Å². The first-order valence-electron chi connectivity index (χ1n) is 6.35.